The number of ether oxygens (including phenoxy) is 1. The minimum Gasteiger partial charge on any atom is -0.378 e. The lowest BCUT2D eigenvalue weighted by Gasteiger charge is -2.28. The third-order valence-corrected chi connectivity index (χ3v) is 5.95. The zero-order chi connectivity index (χ0) is 21.4. The molecule has 5 rings (SSSR count). The molecule has 2 amide bonds. The molecule has 8 nitrogen and oxygen atoms in total. The SMILES string of the molecule is Cc1c(-c2cc(NC(=O)N3CCCC3)ccc2F)nc2ncc(N3CCOCC3)cn12. The van der Waals surface area contributed by atoms with Crippen LogP contribution in [-0.4, -0.2) is 64.7 Å². The fourth-order valence-electron chi connectivity index (χ4n) is 4.18. The average molecular weight is 424 g/mol. The van der Waals surface area contributed by atoms with Gasteiger partial charge in [-0.2, -0.15) is 0 Å². The maximum absolute atomic E-state index is 14.8. The zero-order valence-electron chi connectivity index (χ0n) is 17.5. The van der Waals surface area contributed by atoms with Crippen molar-refractivity contribution in [2.45, 2.75) is 19.8 Å². The van der Waals surface area contributed by atoms with Crippen LogP contribution in [0.25, 0.3) is 17.0 Å². The number of hydrogen-bond donors (Lipinski definition) is 1. The van der Waals surface area contributed by atoms with Crippen LogP contribution in [0.4, 0.5) is 20.6 Å². The number of aryl methyl sites for hydroxylation is 1. The number of nitrogens with zero attached hydrogens (tertiary/aromatic N) is 5. The first-order chi connectivity index (χ1) is 15.1. The van der Waals surface area contributed by atoms with Crippen LogP contribution in [-0.2, 0) is 4.74 Å². The number of carbonyl (C=O) groups is 1. The average Bonchev–Trinajstić information content (AvgIpc) is 3.44. The highest BCUT2D eigenvalue weighted by Crippen LogP contribution is 2.29. The molecule has 31 heavy (non-hydrogen) atoms. The van der Waals surface area contributed by atoms with Gasteiger partial charge in [-0.25, -0.2) is 19.2 Å². The number of carbonyl (C=O) groups excluding carboxylic acids is 1. The normalized spacial score (nSPS) is 16.8. The molecule has 162 valence electrons. The molecule has 9 heteroatoms. The molecule has 4 heterocycles. The van der Waals surface area contributed by atoms with Crippen molar-refractivity contribution in [3.63, 3.8) is 0 Å². The second kappa shape index (κ2) is 8.14. The van der Waals surface area contributed by atoms with Gasteiger partial charge in [-0.1, -0.05) is 0 Å². The summed E-state index contributed by atoms with van der Waals surface area (Å²) in [6, 6.07) is 4.43. The number of rotatable bonds is 3. The summed E-state index contributed by atoms with van der Waals surface area (Å²) in [5, 5.41) is 2.88. The van der Waals surface area contributed by atoms with Gasteiger partial charge in [-0.3, -0.25) is 4.40 Å². The van der Waals surface area contributed by atoms with Crippen molar-refractivity contribution in [1.29, 1.82) is 0 Å². The Bertz CT molecular complexity index is 1120. The smallest absolute Gasteiger partial charge is 0.321 e. The van der Waals surface area contributed by atoms with Gasteiger partial charge in [-0.05, 0) is 38.0 Å². The molecule has 1 aromatic carbocycles. The van der Waals surface area contributed by atoms with Gasteiger partial charge in [0.25, 0.3) is 0 Å². The summed E-state index contributed by atoms with van der Waals surface area (Å²) < 4.78 is 22.1. The van der Waals surface area contributed by atoms with E-state index in [0.29, 0.717) is 35.9 Å². The number of likely N-dealkylation sites (tertiary alicyclic amines) is 1. The summed E-state index contributed by atoms with van der Waals surface area (Å²) in [6.07, 6.45) is 5.81. The van der Waals surface area contributed by atoms with Gasteiger partial charge < -0.3 is 19.9 Å². The first-order valence-corrected chi connectivity index (χ1v) is 10.6. The number of morpholine rings is 1. The zero-order valence-corrected chi connectivity index (χ0v) is 17.5. The van der Waals surface area contributed by atoms with Gasteiger partial charge in [0.15, 0.2) is 0 Å². The number of anilines is 2. The number of urea groups is 1. The molecule has 2 saturated heterocycles. The molecule has 0 bridgehead atoms. The third-order valence-electron chi connectivity index (χ3n) is 5.95. The van der Waals surface area contributed by atoms with Crippen molar-refractivity contribution in [2.24, 2.45) is 0 Å². The Morgan fingerprint density at radius 2 is 1.94 bits per heavy atom. The molecule has 0 unspecified atom stereocenters. The number of aromatic nitrogens is 3. The van der Waals surface area contributed by atoms with Gasteiger partial charge in [-0.15, -0.1) is 0 Å². The van der Waals surface area contributed by atoms with E-state index in [2.05, 4.69) is 20.2 Å². The van der Waals surface area contributed by atoms with E-state index >= 15 is 0 Å². The molecule has 2 aliphatic heterocycles. The Hall–Kier alpha value is -3.20. The number of amides is 2. The minimum absolute atomic E-state index is 0.154. The highest BCUT2D eigenvalue weighted by Gasteiger charge is 2.20. The highest BCUT2D eigenvalue weighted by atomic mass is 19.1. The van der Waals surface area contributed by atoms with Crippen LogP contribution in [0.1, 0.15) is 18.5 Å². The summed E-state index contributed by atoms with van der Waals surface area (Å²) in [5.74, 6) is 0.120. The first-order valence-electron chi connectivity index (χ1n) is 10.6. The molecular formula is C22H25FN6O2. The van der Waals surface area contributed by atoms with E-state index < -0.39 is 0 Å². The topological polar surface area (TPSA) is 75.0 Å². The Kier molecular flexibility index (Phi) is 5.19. The molecule has 0 atom stereocenters. The van der Waals surface area contributed by atoms with Gasteiger partial charge >= 0.3 is 6.03 Å². The highest BCUT2D eigenvalue weighted by molar-refractivity contribution is 5.90. The van der Waals surface area contributed by atoms with E-state index in [1.165, 1.54) is 6.07 Å². The van der Waals surface area contributed by atoms with Crippen molar-refractivity contribution in [1.82, 2.24) is 19.3 Å². The minimum atomic E-state index is -0.390. The fourth-order valence-corrected chi connectivity index (χ4v) is 4.18. The second-order valence-electron chi connectivity index (χ2n) is 7.95. The quantitative estimate of drug-likeness (QED) is 0.698. The van der Waals surface area contributed by atoms with E-state index in [1.54, 1.807) is 23.2 Å². The van der Waals surface area contributed by atoms with E-state index in [4.69, 9.17) is 4.74 Å². The van der Waals surface area contributed by atoms with E-state index in [9.17, 15) is 9.18 Å². The van der Waals surface area contributed by atoms with Gasteiger partial charge in [0, 0.05) is 49.3 Å². The number of fused-ring (bicyclic) bond motifs is 1. The number of benzene rings is 1. The number of imidazole rings is 1. The lowest BCUT2D eigenvalue weighted by Crippen LogP contribution is -2.36. The molecule has 0 spiro atoms. The predicted octanol–water partition coefficient (Wildman–Crippen LogP) is 3.31. The van der Waals surface area contributed by atoms with E-state index in [-0.39, 0.29) is 11.8 Å². The lowest BCUT2D eigenvalue weighted by atomic mass is 10.1. The maximum atomic E-state index is 14.8. The van der Waals surface area contributed by atoms with Crippen LogP contribution in [0.15, 0.2) is 30.6 Å². The van der Waals surface area contributed by atoms with Gasteiger partial charge in [0.05, 0.1) is 30.8 Å². The molecule has 0 saturated carbocycles. The molecule has 3 aromatic rings. The summed E-state index contributed by atoms with van der Waals surface area (Å²) in [7, 11) is 0. The van der Waals surface area contributed by atoms with Gasteiger partial charge in [0.1, 0.15) is 5.82 Å². The van der Waals surface area contributed by atoms with Crippen LogP contribution in [0.3, 0.4) is 0 Å². The van der Waals surface area contributed by atoms with Crippen molar-refractivity contribution in [3.8, 4) is 11.3 Å². The van der Waals surface area contributed by atoms with Crippen LogP contribution in [0.2, 0.25) is 0 Å². The maximum Gasteiger partial charge on any atom is 0.321 e. The van der Waals surface area contributed by atoms with Crippen molar-refractivity contribution >= 4 is 23.2 Å². The van der Waals surface area contributed by atoms with E-state index in [0.717, 1.165) is 50.4 Å². The Labute approximate surface area is 179 Å². The summed E-state index contributed by atoms with van der Waals surface area (Å²) >= 11 is 0. The predicted molar refractivity (Wildman–Crippen MR) is 116 cm³/mol. The molecule has 0 aliphatic carbocycles. The Balaban J connectivity index is 1.46. The molecule has 1 N–H and O–H groups in total. The Morgan fingerprint density at radius 3 is 2.71 bits per heavy atom. The van der Waals surface area contributed by atoms with Gasteiger partial charge in [0.2, 0.25) is 5.78 Å². The fraction of sp³-hybridized carbons (Fsp3) is 0.409. The lowest BCUT2D eigenvalue weighted by molar-refractivity contribution is 0.122. The first kappa shape index (κ1) is 19.7. The standard InChI is InChI=1S/C22H25FN6O2/c1-15-20(26-21-24-13-17(14-29(15)21)27-8-10-31-11-9-27)18-12-16(4-5-19(18)23)25-22(30)28-6-2-3-7-28/h4-5,12-14H,2-3,6-11H2,1H3,(H,25,30). The molecule has 2 aromatic heterocycles. The monoisotopic (exact) mass is 424 g/mol. The van der Waals surface area contributed by atoms with Crippen molar-refractivity contribution in [3.05, 3.63) is 42.1 Å². The van der Waals surface area contributed by atoms with Crippen LogP contribution in [0, 0.1) is 12.7 Å². The number of nitrogens with one attached hydrogen (secondary N) is 1. The molecule has 2 aliphatic rings. The van der Waals surface area contributed by atoms with Crippen LogP contribution < -0.4 is 10.2 Å². The van der Waals surface area contributed by atoms with Crippen LogP contribution in [0.5, 0.6) is 0 Å². The number of hydrogen-bond acceptors (Lipinski definition) is 5. The largest absolute Gasteiger partial charge is 0.378 e. The van der Waals surface area contributed by atoms with Crippen molar-refractivity contribution in [2.75, 3.05) is 49.6 Å². The van der Waals surface area contributed by atoms with Crippen molar-refractivity contribution < 1.29 is 13.9 Å². The second-order valence-corrected chi connectivity index (χ2v) is 7.95. The Morgan fingerprint density at radius 1 is 1.16 bits per heavy atom. The molecule has 2 fully saturated rings. The number of halogens is 1. The molecule has 0 radical (unpaired) electrons. The third kappa shape index (κ3) is 3.81. The summed E-state index contributed by atoms with van der Waals surface area (Å²) in [5.41, 5.74) is 3.18. The summed E-state index contributed by atoms with van der Waals surface area (Å²) in [4.78, 5) is 25.5. The van der Waals surface area contributed by atoms with E-state index in [1.807, 2.05) is 17.5 Å². The molecular weight excluding hydrogens is 399 g/mol. The van der Waals surface area contributed by atoms with Crippen LogP contribution >= 0.6 is 0 Å². The summed E-state index contributed by atoms with van der Waals surface area (Å²) in [6.45, 7) is 6.39.